The number of guanidine groups is 1. The van der Waals surface area contributed by atoms with Crippen LogP contribution in [0.25, 0.3) is 0 Å². The van der Waals surface area contributed by atoms with Crippen molar-refractivity contribution < 1.29 is 4.79 Å². The van der Waals surface area contributed by atoms with Gasteiger partial charge in [-0.3, -0.25) is 9.79 Å². The molecule has 0 spiro atoms. The third-order valence-corrected chi connectivity index (χ3v) is 4.87. The van der Waals surface area contributed by atoms with Crippen molar-refractivity contribution in [1.82, 2.24) is 4.90 Å². The Kier molecular flexibility index (Phi) is 5.26. The second-order valence-electron chi connectivity index (χ2n) is 6.49. The predicted molar refractivity (Wildman–Crippen MR) is 81.1 cm³/mol. The Morgan fingerprint density at radius 2 is 1.70 bits per heavy atom. The molecule has 2 rings (SSSR count). The summed E-state index contributed by atoms with van der Waals surface area (Å²) in [5.41, 5.74) is 11.4. The van der Waals surface area contributed by atoms with Gasteiger partial charge in [-0.25, -0.2) is 0 Å². The number of likely N-dealkylation sites (tertiary alicyclic amines) is 1. The minimum Gasteiger partial charge on any atom is -0.370 e. The molecular formula is C15H28N4O. The van der Waals surface area contributed by atoms with E-state index in [4.69, 9.17) is 11.5 Å². The van der Waals surface area contributed by atoms with Crippen molar-refractivity contribution in [2.24, 2.45) is 34.2 Å². The Bertz CT molecular complexity index is 353. The van der Waals surface area contributed by atoms with Crippen LogP contribution < -0.4 is 11.5 Å². The summed E-state index contributed by atoms with van der Waals surface area (Å²) in [5, 5.41) is 0. The SMILES string of the molecule is CC1CCN(C(N)=NCC2CCC(C(N)=O)CC2)CC1. The van der Waals surface area contributed by atoms with Gasteiger partial charge < -0.3 is 16.4 Å². The van der Waals surface area contributed by atoms with Crippen LogP contribution in [0.4, 0.5) is 0 Å². The summed E-state index contributed by atoms with van der Waals surface area (Å²) in [7, 11) is 0. The summed E-state index contributed by atoms with van der Waals surface area (Å²) >= 11 is 0. The number of piperidine rings is 1. The third kappa shape index (κ3) is 4.12. The highest BCUT2D eigenvalue weighted by Gasteiger charge is 2.24. The average molecular weight is 280 g/mol. The standard InChI is InChI=1S/C15H28N4O/c1-11-6-8-19(9-7-11)15(17)18-10-12-2-4-13(5-3-12)14(16)20/h11-13H,2-10H2,1H3,(H2,16,20)(H2,17,18). The molecule has 0 unspecified atom stereocenters. The smallest absolute Gasteiger partial charge is 0.220 e. The molecule has 0 radical (unpaired) electrons. The van der Waals surface area contributed by atoms with Crippen LogP contribution in [0.15, 0.2) is 4.99 Å². The van der Waals surface area contributed by atoms with Crippen molar-refractivity contribution in [1.29, 1.82) is 0 Å². The molecule has 114 valence electrons. The molecule has 0 bridgehead atoms. The fourth-order valence-corrected chi connectivity index (χ4v) is 3.19. The lowest BCUT2D eigenvalue weighted by Gasteiger charge is -2.31. The van der Waals surface area contributed by atoms with Gasteiger partial charge in [0.25, 0.3) is 0 Å². The monoisotopic (exact) mass is 280 g/mol. The molecule has 0 aromatic rings. The van der Waals surface area contributed by atoms with Gasteiger partial charge in [-0.15, -0.1) is 0 Å². The van der Waals surface area contributed by atoms with Crippen LogP contribution >= 0.6 is 0 Å². The predicted octanol–water partition coefficient (Wildman–Crippen LogP) is 1.32. The number of rotatable bonds is 3. The maximum absolute atomic E-state index is 11.1. The summed E-state index contributed by atoms with van der Waals surface area (Å²) in [6.45, 7) is 5.15. The third-order valence-electron chi connectivity index (χ3n) is 4.87. The van der Waals surface area contributed by atoms with E-state index in [1.165, 1.54) is 12.8 Å². The molecule has 5 nitrogen and oxygen atoms in total. The van der Waals surface area contributed by atoms with Gasteiger partial charge in [0.2, 0.25) is 5.91 Å². The molecule has 20 heavy (non-hydrogen) atoms. The van der Waals surface area contributed by atoms with Crippen molar-refractivity contribution in [2.75, 3.05) is 19.6 Å². The molecule has 1 saturated heterocycles. The molecule has 1 heterocycles. The Balaban J connectivity index is 1.74. The van der Waals surface area contributed by atoms with Gasteiger partial charge >= 0.3 is 0 Å². The van der Waals surface area contributed by atoms with E-state index in [-0.39, 0.29) is 11.8 Å². The molecule has 1 amide bonds. The second-order valence-corrected chi connectivity index (χ2v) is 6.49. The van der Waals surface area contributed by atoms with Gasteiger partial charge in [0.1, 0.15) is 0 Å². The Hall–Kier alpha value is -1.26. The fourth-order valence-electron chi connectivity index (χ4n) is 3.19. The van der Waals surface area contributed by atoms with Crippen molar-refractivity contribution >= 4 is 11.9 Å². The molecule has 1 saturated carbocycles. The van der Waals surface area contributed by atoms with Crippen LogP contribution in [0.3, 0.4) is 0 Å². The van der Waals surface area contributed by atoms with Crippen LogP contribution in [0.1, 0.15) is 45.4 Å². The van der Waals surface area contributed by atoms with E-state index in [2.05, 4.69) is 16.8 Å². The zero-order valence-corrected chi connectivity index (χ0v) is 12.6. The fraction of sp³-hybridized carbons (Fsp3) is 0.867. The first kappa shape index (κ1) is 15.1. The minimum absolute atomic E-state index is 0.0798. The largest absolute Gasteiger partial charge is 0.370 e. The van der Waals surface area contributed by atoms with Gasteiger partial charge in [0.05, 0.1) is 0 Å². The van der Waals surface area contributed by atoms with Crippen LogP contribution in [-0.4, -0.2) is 36.4 Å². The molecule has 0 atom stereocenters. The van der Waals surface area contributed by atoms with Gasteiger partial charge in [0.15, 0.2) is 5.96 Å². The second kappa shape index (κ2) is 6.95. The van der Waals surface area contributed by atoms with Crippen LogP contribution in [0.2, 0.25) is 0 Å². The lowest BCUT2D eigenvalue weighted by Crippen LogP contribution is -2.42. The molecule has 1 aliphatic carbocycles. The number of amides is 1. The van der Waals surface area contributed by atoms with Crippen molar-refractivity contribution in [3.05, 3.63) is 0 Å². The molecule has 4 N–H and O–H groups in total. The van der Waals surface area contributed by atoms with Crippen LogP contribution in [0.5, 0.6) is 0 Å². The lowest BCUT2D eigenvalue weighted by molar-refractivity contribution is -0.122. The van der Waals surface area contributed by atoms with Crippen LogP contribution in [0, 0.1) is 17.8 Å². The molecule has 5 heteroatoms. The van der Waals surface area contributed by atoms with E-state index in [1.807, 2.05) is 0 Å². The first-order valence-corrected chi connectivity index (χ1v) is 7.90. The van der Waals surface area contributed by atoms with Gasteiger partial charge in [-0.2, -0.15) is 0 Å². The van der Waals surface area contributed by atoms with Crippen molar-refractivity contribution in [3.8, 4) is 0 Å². The number of hydrogen-bond acceptors (Lipinski definition) is 2. The Morgan fingerprint density at radius 1 is 1.10 bits per heavy atom. The molecule has 1 aliphatic heterocycles. The van der Waals surface area contributed by atoms with Crippen molar-refractivity contribution in [2.45, 2.75) is 45.4 Å². The highest BCUT2D eigenvalue weighted by atomic mass is 16.1. The molecule has 2 aliphatic rings. The van der Waals surface area contributed by atoms with E-state index in [0.717, 1.165) is 51.2 Å². The van der Waals surface area contributed by atoms with Crippen LogP contribution in [-0.2, 0) is 4.79 Å². The molecule has 2 fully saturated rings. The topological polar surface area (TPSA) is 84.7 Å². The van der Waals surface area contributed by atoms with Gasteiger partial charge in [0, 0.05) is 25.6 Å². The normalized spacial score (nSPS) is 29.4. The lowest BCUT2D eigenvalue weighted by atomic mass is 9.82. The number of carbonyl (C=O) groups excluding carboxylic acids is 1. The summed E-state index contributed by atoms with van der Waals surface area (Å²) in [6, 6.07) is 0. The maximum Gasteiger partial charge on any atom is 0.220 e. The number of aliphatic imine (C=N–C) groups is 1. The van der Waals surface area contributed by atoms with Gasteiger partial charge in [-0.1, -0.05) is 6.92 Å². The number of hydrogen-bond donors (Lipinski definition) is 2. The van der Waals surface area contributed by atoms with E-state index in [1.54, 1.807) is 0 Å². The summed E-state index contributed by atoms with van der Waals surface area (Å²) in [5.74, 6) is 2.01. The van der Waals surface area contributed by atoms with E-state index < -0.39 is 0 Å². The molecular weight excluding hydrogens is 252 g/mol. The van der Waals surface area contributed by atoms with E-state index >= 15 is 0 Å². The summed E-state index contributed by atoms with van der Waals surface area (Å²) < 4.78 is 0. The summed E-state index contributed by atoms with van der Waals surface area (Å²) in [4.78, 5) is 17.9. The number of primary amides is 1. The first-order valence-electron chi connectivity index (χ1n) is 7.90. The van der Waals surface area contributed by atoms with E-state index in [9.17, 15) is 4.79 Å². The Labute approximate surface area is 121 Å². The molecule has 0 aromatic heterocycles. The molecule has 0 aromatic carbocycles. The minimum atomic E-state index is -0.145. The number of nitrogens with two attached hydrogens (primary N) is 2. The first-order chi connectivity index (χ1) is 9.56. The summed E-state index contributed by atoms with van der Waals surface area (Å²) in [6.07, 6.45) is 6.33. The maximum atomic E-state index is 11.1. The van der Waals surface area contributed by atoms with Gasteiger partial charge in [-0.05, 0) is 50.4 Å². The highest BCUT2D eigenvalue weighted by molar-refractivity contribution is 5.78. The zero-order chi connectivity index (χ0) is 14.5. The average Bonchev–Trinajstić information content (AvgIpc) is 2.46. The van der Waals surface area contributed by atoms with Crippen molar-refractivity contribution in [3.63, 3.8) is 0 Å². The highest BCUT2D eigenvalue weighted by Crippen LogP contribution is 2.28. The number of carbonyl (C=O) groups is 1. The quantitative estimate of drug-likeness (QED) is 0.604. The number of nitrogens with zero attached hydrogens (tertiary/aromatic N) is 2. The Morgan fingerprint density at radius 3 is 2.25 bits per heavy atom. The zero-order valence-electron chi connectivity index (χ0n) is 12.6. The van der Waals surface area contributed by atoms with E-state index in [0.29, 0.717) is 11.9 Å².